The second-order valence-electron chi connectivity index (χ2n) is 7.32. The molecule has 1 saturated carbocycles. The summed E-state index contributed by atoms with van der Waals surface area (Å²) in [4.78, 5) is 2.64. The topological polar surface area (TPSA) is 24.5 Å². The molecule has 3 unspecified atom stereocenters. The van der Waals surface area contributed by atoms with E-state index in [1.54, 1.807) is 0 Å². The third-order valence-corrected chi connectivity index (χ3v) is 5.23. The normalized spacial score (nSPS) is 34.8. The lowest BCUT2D eigenvalue weighted by Crippen LogP contribution is -2.47. The fourth-order valence-corrected chi connectivity index (χ4v) is 3.96. The predicted octanol–water partition coefficient (Wildman–Crippen LogP) is 2.90. The maximum absolute atomic E-state index is 5.73. The first-order valence-electron chi connectivity index (χ1n) is 8.64. The highest BCUT2D eigenvalue weighted by Crippen LogP contribution is 2.32. The Kier molecular flexibility index (Phi) is 6.31. The molecule has 0 bridgehead atoms. The number of ether oxygens (including phenoxy) is 1. The highest BCUT2D eigenvalue weighted by atomic mass is 16.5. The molecule has 20 heavy (non-hydrogen) atoms. The number of rotatable bonds is 7. The van der Waals surface area contributed by atoms with Gasteiger partial charge in [-0.3, -0.25) is 0 Å². The van der Waals surface area contributed by atoms with Gasteiger partial charge in [-0.2, -0.15) is 0 Å². The summed E-state index contributed by atoms with van der Waals surface area (Å²) in [6.07, 6.45) is 8.05. The average Bonchev–Trinajstić information content (AvgIpc) is 2.88. The number of hydrogen-bond donors (Lipinski definition) is 1. The van der Waals surface area contributed by atoms with E-state index in [2.05, 4.69) is 31.1 Å². The van der Waals surface area contributed by atoms with Crippen molar-refractivity contribution >= 4 is 0 Å². The third kappa shape index (κ3) is 4.44. The summed E-state index contributed by atoms with van der Waals surface area (Å²) in [6, 6.07) is 0.794. The second-order valence-corrected chi connectivity index (χ2v) is 7.32. The summed E-state index contributed by atoms with van der Waals surface area (Å²) in [6.45, 7) is 9.98. The number of nitrogens with one attached hydrogen (secondary N) is 1. The van der Waals surface area contributed by atoms with Gasteiger partial charge in [0.15, 0.2) is 0 Å². The van der Waals surface area contributed by atoms with E-state index >= 15 is 0 Å². The van der Waals surface area contributed by atoms with Crippen molar-refractivity contribution in [3.05, 3.63) is 0 Å². The molecule has 1 aliphatic heterocycles. The van der Waals surface area contributed by atoms with Crippen LogP contribution in [0.5, 0.6) is 0 Å². The Bertz CT molecular complexity index is 276. The molecule has 1 N–H and O–H groups in total. The Morgan fingerprint density at radius 1 is 1.35 bits per heavy atom. The SMILES string of the molecule is CCCNCC1(CN(C)C2CCCC(C)C2)CCOC1. The van der Waals surface area contributed by atoms with Gasteiger partial charge in [0.05, 0.1) is 6.61 Å². The van der Waals surface area contributed by atoms with Crippen LogP contribution in [0.3, 0.4) is 0 Å². The lowest BCUT2D eigenvalue weighted by atomic mass is 9.83. The van der Waals surface area contributed by atoms with E-state index in [0.717, 1.165) is 38.3 Å². The van der Waals surface area contributed by atoms with Gasteiger partial charge in [0.2, 0.25) is 0 Å². The van der Waals surface area contributed by atoms with Crippen molar-refractivity contribution in [2.45, 2.75) is 58.4 Å². The van der Waals surface area contributed by atoms with Gasteiger partial charge in [-0.25, -0.2) is 0 Å². The molecule has 2 fully saturated rings. The minimum absolute atomic E-state index is 0.352. The minimum atomic E-state index is 0.352. The number of hydrogen-bond acceptors (Lipinski definition) is 3. The third-order valence-electron chi connectivity index (χ3n) is 5.23. The van der Waals surface area contributed by atoms with Crippen LogP contribution in [0.15, 0.2) is 0 Å². The smallest absolute Gasteiger partial charge is 0.0547 e. The van der Waals surface area contributed by atoms with E-state index in [0.29, 0.717) is 5.41 Å². The van der Waals surface area contributed by atoms with E-state index in [1.165, 1.54) is 45.1 Å². The molecule has 0 aromatic carbocycles. The molecule has 3 atom stereocenters. The zero-order chi connectivity index (χ0) is 14.4. The van der Waals surface area contributed by atoms with E-state index in [9.17, 15) is 0 Å². The van der Waals surface area contributed by atoms with Crippen LogP contribution in [0, 0.1) is 11.3 Å². The highest BCUT2D eigenvalue weighted by Gasteiger charge is 2.37. The molecule has 0 aromatic rings. The molecule has 1 saturated heterocycles. The molecule has 0 aromatic heterocycles. The van der Waals surface area contributed by atoms with E-state index in [1.807, 2.05) is 0 Å². The molecule has 1 aliphatic carbocycles. The average molecular weight is 282 g/mol. The van der Waals surface area contributed by atoms with Gasteiger partial charge in [0.25, 0.3) is 0 Å². The van der Waals surface area contributed by atoms with Gasteiger partial charge < -0.3 is 15.0 Å². The Morgan fingerprint density at radius 3 is 2.85 bits per heavy atom. The Morgan fingerprint density at radius 2 is 2.20 bits per heavy atom. The monoisotopic (exact) mass is 282 g/mol. The quantitative estimate of drug-likeness (QED) is 0.727. The van der Waals surface area contributed by atoms with Crippen LogP contribution in [0.1, 0.15) is 52.4 Å². The zero-order valence-electron chi connectivity index (χ0n) is 13.8. The van der Waals surface area contributed by atoms with Crippen LogP contribution < -0.4 is 5.32 Å². The minimum Gasteiger partial charge on any atom is -0.381 e. The Labute approximate surface area is 125 Å². The molecular formula is C17H34N2O. The van der Waals surface area contributed by atoms with Gasteiger partial charge >= 0.3 is 0 Å². The van der Waals surface area contributed by atoms with Gasteiger partial charge in [-0.15, -0.1) is 0 Å². The summed E-state index contributed by atoms with van der Waals surface area (Å²) in [5, 5.41) is 3.63. The first-order valence-corrected chi connectivity index (χ1v) is 8.64. The fraction of sp³-hybridized carbons (Fsp3) is 1.00. The van der Waals surface area contributed by atoms with Crippen molar-refractivity contribution in [2.75, 3.05) is 39.9 Å². The van der Waals surface area contributed by atoms with Crippen LogP contribution >= 0.6 is 0 Å². The van der Waals surface area contributed by atoms with Crippen LogP contribution in [-0.2, 0) is 4.74 Å². The molecule has 0 spiro atoms. The first kappa shape index (κ1) is 16.3. The lowest BCUT2D eigenvalue weighted by Gasteiger charge is -2.39. The summed E-state index contributed by atoms with van der Waals surface area (Å²) in [5.74, 6) is 0.908. The molecule has 0 radical (unpaired) electrons. The lowest BCUT2D eigenvalue weighted by molar-refractivity contribution is 0.0814. The number of nitrogens with zero attached hydrogens (tertiary/aromatic N) is 1. The largest absolute Gasteiger partial charge is 0.381 e. The van der Waals surface area contributed by atoms with Crippen molar-refractivity contribution in [3.63, 3.8) is 0 Å². The summed E-state index contributed by atoms with van der Waals surface area (Å²) < 4.78 is 5.73. The van der Waals surface area contributed by atoms with Crippen molar-refractivity contribution < 1.29 is 4.74 Å². The Hall–Kier alpha value is -0.120. The van der Waals surface area contributed by atoms with Crippen LogP contribution in [0.2, 0.25) is 0 Å². The molecular weight excluding hydrogens is 248 g/mol. The van der Waals surface area contributed by atoms with Crippen LogP contribution in [0.25, 0.3) is 0 Å². The van der Waals surface area contributed by atoms with E-state index < -0.39 is 0 Å². The van der Waals surface area contributed by atoms with Crippen LogP contribution in [-0.4, -0.2) is 50.8 Å². The van der Waals surface area contributed by atoms with Crippen LogP contribution in [0.4, 0.5) is 0 Å². The summed E-state index contributed by atoms with van der Waals surface area (Å²) in [7, 11) is 2.34. The Balaban J connectivity index is 1.86. The first-order chi connectivity index (χ1) is 9.65. The van der Waals surface area contributed by atoms with Crippen molar-refractivity contribution in [2.24, 2.45) is 11.3 Å². The second kappa shape index (κ2) is 7.77. The highest BCUT2D eigenvalue weighted by molar-refractivity contribution is 4.90. The zero-order valence-corrected chi connectivity index (χ0v) is 13.8. The van der Waals surface area contributed by atoms with Gasteiger partial charge in [0.1, 0.15) is 0 Å². The summed E-state index contributed by atoms with van der Waals surface area (Å²) in [5.41, 5.74) is 0.352. The van der Waals surface area contributed by atoms with E-state index in [4.69, 9.17) is 4.74 Å². The molecule has 3 nitrogen and oxygen atoms in total. The van der Waals surface area contributed by atoms with Crippen molar-refractivity contribution in [3.8, 4) is 0 Å². The van der Waals surface area contributed by atoms with Gasteiger partial charge in [-0.1, -0.05) is 26.7 Å². The molecule has 3 heteroatoms. The molecule has 0 amide bonds. The van der Waals surface area contributed by atoms with Crippen molar-refractivity contribution in [1.82, 2.24) is 10.2 Å². The predicted molar refractivity (Wildman–Crippen MR) is 85.1 cm³/mol. The van der Waals surface area contributed by atoms with Gasteiger partial charge in [0, 0.05) is 31.2 Å². The maximum Gasteiger partial charge on any atom is 0.0547 e. The van der Waals surface area contributed by atoms with Gasteiger partial charge in [-0.05, 0) is 45.2 Å². The van der Waals surface area contributed by atoms with Crippen molar-refractivity contribution in [1.29, 1.82) is 0 Å². The molecule has 118 valence electrons. The van der Waals surface area contributed by atoms with E-state index in [-0.39, 0.29) is 0 Å². The fourth-order valence-electron chi connectivity index (χ4n) is 3.96. The standard InChI is InChI=1S/C17H34N2O/c1-4-9-18-12-17(8-10-20-14-17)13-19(3)16-7-5-6-15(2)11-16/h15-16,18H,4-14H2,1-3H3. The molecule has 2 rings (SSSR count). The summed E-state index contributed by atoms with van der Waals surface area (Å²) >= 11 is 0. The molecule has 1 heterocycles. The maximum atomic E-state index is 5.73. The molecule has 2 aliphatic rings.